The van der Waals surface area contributed by atoms with Crippen LogP contribution in [0.15, 0.2) is 18.2 Å². The summed E-state index contributed by atoms with van der Waals surface area (Å²) in [6.07, 6.45) is 1.10. The number of hydrogen-bond acceptors (Lipinski definition) is 2. The number of hydrogen-bond donors (Lipinski definition) is 1. The molecule has 1 aromatic rings. The van der Waals surface area contributed by atoms with Gasteiger partial charge in [-0.3, -0.25) is 0 Å². The molecule has 0 heterocycles. The lowest BCUT2D eigenvalue weighted by Gasteiger charge is -2.26. The maximum atomic E-state index is 4.33. The zero-order valence-electron chi connectivity index (χ0n) is 10.1. The average Bonchev–Trinajstić information content (AvgIpc) is 2.15. The fourth-order valence-electron chi connectivity index (χ4n) is 2.01. The summed E-state index contributed by atoms with van der Waals surface area (Å²) in [5, 5.41) is 0. The fourth-order valence-corrected chi connectivity index (χ4v) is 2.26. The van der Waals surface area contributed by atoms with Gasteiger partial charge in [0.15, 0.2) is 0 Å². The van der Waals surface area contributed by atoms with Gasteiger partial charge in [0.2, 0.25) is 0 Å². The predicted octanol–water partition coefficient (Wildman–Crippen LogP) is 3.23. The molecule has 0 aliphatic rings. The quantitative estimate of drug-likeness (QED) is 0.767. The molecule has 0 aliphatic carbocycles. The van der Waals surface area contributed by atoms with Crippen LogP contribution in [0.4, 0.5) is 0 Å². The van der Waals surface area contributed by atoms with Crippen LogP contribution in [0.3, 0.4) is 0 Å². The van der Waals surface area contributed by atoms with Crippen molar-refractivity contribution in [3.63, 3.8) is 0 Å². The van der Waals surface area contributed by atoms with E-state index in [1.54, 1.807) is 0 Å². The van der Waals surface area contributed by atoms with Gasteiger partial charge in [-0.1, -0.05) is 23.8 Å². The normalized spacial score (nSPS) is 13.2. The Morgan fingerprint density at radius 3 is 2.40 bits per heavy atom. The average molecular weight is 223 g/mol. The first-order valence-electron chi connectivity index (χ1n) is 5.40. The molecule has 0 spiro atoms. The second kappa shape index (κ2) is 5.57. The maximum Gasteiger partial charge on any atom is 0.0352 e. The molecular formula is C13H21NS. The minimum absolute atomic E-state index is 0.489. The fraction of sp³-hybridized carbons (Fsp3) is 0.538. The maximum absolute atomic E-state index is 4.33. The van der Waals surface area contributed by atoms with E-state index in [4.69, 9.17) is 0 Å². The van der Waals surface area contributed by atoms with Crippen molar-refractivity contribution in [3.05, 3.63) is 34.9 Å². The number of nitrogens with zero attached hydrogens (tertiary/aromatic N) is 1. The molecule has 0 saturated carbocycles. The number of thiol groups is 1. The highest BCUT2D eigenvalue weighted by molar-refractivity contribution is 7.80. The Morgan fingerprint density at radius 1 is 1.27 bits per heavy atom. The lowest BCUT2D eigenvalue weighted by Crippen LogP contribution is -2.21. The van der Waals surface area contributed by atoms with E-state index < -0.39 is 0 Å². The van der Waals surface area contributed by atoms with Gasteiger partial charge in [-0.05, 0) is 51.2 Å². The van der Waals surface area contributed by atoms with Crippen molar-refractivity contribution in [1.29, 1.82) is 0 Å². The standard InChI is InChI=1S/C13H21NS/c1-10-5-6-12(11(2)9-10)13(7-8-15)14(3)4/h5-6,9,13,15H,7-8H2,1-4H3. The van der Waals surface area contributed by atoms with Crippen LogP contribution in [0, 0.1) is 13.8 Å². The summed E-state index contributed by atoms with van der Waals surface area (Å²) in [6, 6.07) is 7.18. The monoisotopic (exact) mass is 223 g/mol. The molecule has 0 radical (unpaired) electrons. The SMILES string of the molecule is Cc1ccc(C(CCS)N(C)C)c(C)c1. The lowest BCUT2D eigenvalue weighted by molar-refractivity contribution is 0.292. The van der Waals surface area contributed by atoms with Crippen molar-refractivity contribution >= 4 is 12.6 Å². The molecule has 1 unspecified atom stereocenters. The van der Waals surface area contributed by atoms with Crippen LogP contribution in [0.1, 0.15) is 29.2 Å². The van der Waals surface area contributed by atoms with Gasteiger partial charge in [-0.2, -0.15) is 12.6 Å². The second-order valence-corrected chi connectivity index (χ2v) is 4.80. The van der Waals surface area contributed by atoms with E-state index in [1.807, 2.05) is 0 Å². The van der Waals surface area contributed by atoms with Gasteiger partial charge in [0.05, 0.1) is 0 Å². The highest BCUT2D eigenvalue weighted by Crippen LogP contribution is 2.25. The summed E-state index contributed by atoms with van der Waals surface area (Å²) < 4.78 is 0. The molecule has 0 fully saturated rings. The topological polar surface area (TPSA) is 3.24 Å². The Labute approximate surface area is 98.9 Å². The highest BCUT2D eigenvalue weighted by Gasteiger charge is 2.14. The van der Waals surface area contributed by atoms with Gasteiger partial charge in [0, 0.05) is 6.04 Å². The second-order valence-electron chi connectivity index (χ2n) is 4.35. The van der Waals surface area contributed by atoms with Crippen LogP contribution in [-0.4, -0.2) is 24.7 Å². The first-order chi connectivity index (χ1) is 7.06. The summed E-state index contributed by atoms with van der Waals surface area (Å²) >= 11 is 4.33. The van der Waals surface area contributed by atoms with Gasteiger partial charge in [-0.15, -0.1) is 0 Å². The van der Waals surface area contributed by atoms with Crippen molar-refractivity contribution in [2.24, 2.45) is 0 Å². The van der Waals surface area contributed by atoms with E-state index in [0.29, 0.717) is 6.04 Å². The van der Waals surface area contributed by atoms with E-state index in [-0.39, 0.29) is 0 Å². The largest absolute Gasteiger partial charge is 0.302 e. The molecule has 1 atom stereocenters. The zero-order chi connectivity index (χ0) is 11.4. The molecule has 2 heteroatoms. The molecular weight excluding hydrogens is 202 g/mol. The minimum atomic E-state index is 0.489. The van der Waals surface area contributed by atoms with Crippen LogP contribution < -0.4 is 0 Å². The van der Waals surface area contributed by atoms with Crippen molar-refractivity contribution < 1.29 is 0 Å². The number of aryl methyl sites for hydroxylation is 2. The van der Waals surface area contributed by atoms with Crippen molar-refractivity contribution in [2.75, 3.05) is 19.8 Å². The van der Waals surface area contributed by atoms with Crippen molar-refractivity contribution in [3.8, 4) is 0 Å². The molecule has 0 aromatic heterocycles. The summed E-state index contributed by atoms with van der Waals surface area (Å²) in [6.45, 7) is 4.33. The molecule has 15 heavy (non-hydrogen) atoms. The van der Waals surface area contributed by atoms with E-state index in [2.05, 4.69) is 63.7 Å². The third-order valence-electron chi connectivity index (χ3n) is 2.81. The summed E-state index contributed by atoms with van der Waals surface area (Å²) in [7, 11) is 4.26. The first-order valence-corrected chi connectivity index (χ1v) is 6.04. The molecule has 84 valence electrons. The van der Waals surface area contributed by atoms with Gasteiger partial charge < -0.3 is 4.90 Å². The summed E-state index contributed by atoms with van der Waals surface area (Å²) in [5.74, 6) is 0.927. The van der Waals surface area contributed by atoms with Gasteiger partial charge in [-0.25, -0.2) is 0 Å². The molecule has 0 saturated heterocycles. The molecule has 0 amide bonds. The molecule has 1 aromatic carbocycles. The Bertz CT molecular complexity index is 320. The Morgan fingerprint density at radius 2 is 1.93 bits per heavy atom. The number of rotatable bonds is 4. The lowest BCUT2D eigenvalue weighted by atomic mass is 9.97. The molecule has 0 bridgehead atoms. The van der Waals surface area contributed by atoms with Crippen LogP contribution in [0.25, 0.3) is 0 Å². The Hall–Kier alpha value is -0.470. The summed E-state index contributed by atoms with van der Waals surface area (Å²) in [5.41, 5.74) is 4.15. The molecule has 0 aliphatic heterocycles. The van der Waals surface area contributed by atoms with Crippen LogP contribution >= 0.6 is 12.6 Å². The third-order valence-corrected chi connectivity index (χ3v) is 3.07. The third kappa shape index (κ3) is 3.25. The predicted molar refractivity (Wildman–Crippen MR) is 70.8 cm³/mol. The van der Waals surface area contributed by atoms with Crippen LogP contribution in [0.5, 0.6) is 0 Å². The van der Waals surface area contributed by atoms with Crippen molar-refractivity contribution in [1.82, 2.24) is 4.90 Å². The van der Waals surface area contributed by atoms with Crippen LogP contribution in [0.2, 0.25) is 0 Å². The molecule has 0 N–H and O–H groups in total. The van der Waals surface area contributed by atoms with Gasteiger partial charge in [0.1, 0.15) is 0 Å². The highest BCUT2D eigenvalue weighted by atomic mass is 32.1. The summed E-state index contributed by atoms with van der Waals surface area (Å²) in [4.78, 5) is 2.27. The Kier molecular flexibility index (Phi) is 4.68. The van der Waals surface area contributed by atoms with E-state index in [1.165, 1.54) is 16.7 Å². The van der Waals surface area contributed by atoms with Gasteiger partial charge in [0.25, 0.3) is 0 Å². The first kappa shape index (κ1) is 12.6. The van der Waals surface area contributed by atoms with E-state index in [9.17, 15) is 0 Å². The zero-order valence-corrected chi connectivity index (χ0v) is 11.0. The minimum Gasteiger partial charge on any atom is -0.302 e. The number of benzene rings is 1. The molecule has 1 nitrogen and oxygen atoms in total. The van der Waals surface area contributed by atoms with Gasteiger partial charge >= 0.3 is 0 Å². The Balaban J connectivity index is 3.00. The smallest absolute Gasteiger partial charge is 0.0352 e. The van der Waals surface area contributed by atoms with Crippen LogP contribution in [-0.2, 0) is 0 Å². The van der Waals surface area contributed by atoms with E-state index in [0.717, 1.165) is 12.2 Å². The molecule has 1 rings (SSSR count). The van der Waals surface area contributed by atoms with E-state index >= 15 is 0 Å². The van der Waals surface area contributed by atoms with Crippen molar-refractivity contribution in [2.45, 2.75) is 26.3 Å².